The van der Waals surface area contributed by atoms with Crippen molar-refractivity contribution in [2.45, 2.75) is 52.1 Å². The van der Waals surface area contributed by atoms with Gasteiger partial charge in [-0.2, -0.15) is 0 Å². The van der Waals surface area contributed by atoms with Gasteiger partial charge in [0.1, 0.15) is 0 Å². The first-order chi connectivity index (χ1) is 9.28. The van der Waals surface area contributed by atoms with E-state index in [1.807, 2.05) is 0 Å². The molecule has 1 heterocycles. The summed E-state index contributed by atoms with van der Waals surface area (Å²) in [7, 11) is 0. The molecule has 0 atom stereocenters. The van der Waals surface area contributed by atoms with Crippen LogP contribution in [0, 0.1) is 6.92 Å². The summed E-state index contributed by atoms with van der Waals surface area (Å²) in [5.41, 5.74) is 2.74. The molecule has 1 fully saturated rings. The van der Waals surface area contributed by atoms with E-state index in [9.17, 15) is 0 Å². The van der Waals surface area contributed by atoms with Crippen LogP contribution < -0.4 is 5.32 Å². The first-order valence-electron chi connectivity index (χ1n) is 7.79. The van der Waals surface area contributed by atoms with Gasteiger partial charge in [0.15, 0.2) is 0 Å². The third-order valence-corrected chi connectivity index (χ3v) is 4.13. The molecule has 2 heteroatoms. The van der Waals surface area contributed by atoms with Crippen LogP contribution in [0.15, 0.2) is 24.3 Å². The molecule has 1 N–H and O–H groups in total. The Balaban J connectivity index is 1.67. The zero-order valence-corrected chi connectivity index (χ0v) is 12.5. The largest absolute Gasteiger partial charge is 0.310 e. The molecule has 0 spiro atoms. The predicted octanol–water partition coefficient (Wildman–Crippen LogP) is 3.35. The van der Waals surface area contributed by atoms with Crippen LogP contribution in [0.5, 0.6) is 0 Å². The second-order valence-electron chi connectivity index (χ2n) is 5.84. The first kappa shape index (κ1) is 14.5. The minimum atomic E-state index is 0.708. The summed E-state index contributed by atoms with van der Waals surface area (Å²) in [6, 6.07) is 9.57. The Hall–Kier alpha value is -0.860. The topological polar surface area (TPSA) is 15.3 Å². The van der Waals surface area contributed by atoms with Gasteiger partial charge in [0, 0.05) is 12.6 Å². The maximum Gasteiger partial charge on any atom is 0.0208 e. The van der Waals surface area contributed by atoms with Gasteiger partial charge in [0.25, 0.3) is 0 Å². The molecule has 0 aromatic heterocycles. The Morgan fingerprint density at radius 2 is 1.84 bits per heavy atom. The molecule has 0 saturated carbocycles. The van der Waals surface area contributed by atoms with E-state index in [0.29, 0.717) is 6.04 Å². The van der Waals surface area contributed by atoms with Crippen LogP contribution in [-0.4, -0.2) is 30.6 Å². The van der Waals surface area contributed by atoms with Crippen LogP contribution in [-0.2, 0) is 6.54 Å². The van der Waals surface area contributed by atoms with E-state index in [-0.39, 0.29) is 0 Å². The number of hydrogen-bond donors (Lipinski definition) is 1. The Labute approximate surface area is 118 Å². The Bertz CT molecular complexity index is 350. The van der Waals surface area contributed by atoms with Crippen molar-refractivity contribution in [3.8, 4) is 0 Å². The zero-order valence-electron chi connectivity index (χ0n) is 12.5. The molecule has 1 aliphatic rings. The van der Waals surface area contributed by atoms with Crippen LogP contribution in [0.1, 0.15) is 43.7 Å². The number of aryl methyl sites for hydroxylation is 1. The highest BCUT2D eigenvalue weighted by molar-refractivity contribution is 5.21. The monoisotopic (exact) mass is 260 g/mol. The van der Waals surface area contributed by atoms with E-state index in [0.717, 1.165) is 6.54 Å². The quantitative estimate of drug-likeness (QED) is 0.844. The Kier molecular flexibility index (Phi) is 5.87. The second kappa shape index (κ2) is 7.66. The normalized spacial score (nSPS) is 17.8. The van der Waals surface area contributed by atoms with E-state index in [1.54, 1.807) is 0 Å². The highest BCUT2D eigenvalue weighted by atomic mass is 15.1. The molecule has 0 radical (unpaired) electrons. The average Bonchev–Trinajstić information content (AvgIpc) is 2.46. The fourth-order valence-corrected chi connectivity index (χ4v) is 2.71. The van der Waals surface area contributed by atoms with E-state index in [4.69, 9.17) is 0 Å². The standard InChI is InChI=1S/C17H28N2/c1-3-4-11-19-12-9-17(10-13-19)18-14-16-7-5-15(2)6-8-16/h5-8,17-18H,3-4,9-14H2,1-2H3. The molecule has 0 aliphatic carbocycles. The van der Waals surface area contributed by atoms with Crippen molar-refractivity contribution in [3.63, 3.8) is 0 Å². The number of likely N-dealkylation sites (tertiary alicyclic amines) is 1. The van der Waals surface area contributed by atoms with Gasteiger partial charge in [-0.3, -0.25) is 0 Å². The lowest BCUT2D eigenvalue weighted by Crippen LogP contribution is -2.42. The van der Waals surface area contributed by atoms with Crippen LogP contribution in [0.3, 0.4) is 0 Å². The van der Waals surface area contributed by atoms with Gasteiger partial charge in [-0.05, 0) is 51.4 Å². The van der Waals surface area contributed by atoms with Crippen molar-refractivity contribution in [1.29, 1.82) is 0 Å². The summed E-state index contributed by atoms with van der Waals surface area (Å²) in [4.78, 5) is 2.62. The molecule has 0 amide bonds. The fraction of sp³-hybridized carbons (Fsp3) is 0.647. The smallest absolute Gasteiger partial charge is 0.0208 e. The summed E-state index contributed by atoms with van der Waals surface area (Å²) in [5, 5.41) is 3.71. The Morgan fingerprint density at radius 3 is 2.47 bits per heavy atom. The molecule has 0 unspecified atom stereocenters. The summed E-state index contributed by atoms with van der Waals surface area (Å²) in [5.74, 6) is 0. The lowest BCUT2D eigenvalue weighted by Gasteiger charge is -2.32. The van der Waals surface area contributed by atoms with Gasteiger partial charge in [-0.15, -0.1) is 0 Å². The molecular formula is C17H28N2. The number of rotatable bonds is 6. The van der Waals surface area contributed by atoms with Crippen LogP contribution in [0.2, 0.25) is 0 Å². The van der Waals surface area contributed by atoms with Gasteiger partial charge >= 0.3 is 0 Å². The number of nitrogens with one attached hydrogen (secondary N) is 1. The fourth-order valence-electron chi connectivity index (χ4n) is 2.71. The molecule has 1 aromatic rings. The summed E-state index contributed by atoms with van der Waals surface area (Å²) >= 11 is 0. The number of nitrogens with zero attached hydrogens (tertiary/aromatic N) is 1. The summed E-state index contributed by atoms with van der Waals surface area (Å²) in [6.07, 6.45) is 5.26. The number of benzene rings is 1. The molecule has 1 aromatic carbocycles. The van der Waals surface area contributed by atoms with Crippen LogP contribution in [0.25, 0.3) is 0 Å². The van der Waals surface area contributed by atoms with Crippen molar-refractivity contribution < 1.29 is 0 Å². The number of piperidine rings is 1. The zero-order chi connectivity index (χ0) is 13.5. The van der Waals surface area contributed by atoms with E-state index in [1.165, 1.54) is 56.4 Å². The number of hydrogen-bond acceptors (Lipinski definition) is 2. The van der Waals surface area contributed by atoms with Crippen molar-refractivity contribution in [3.05, 3.63) is 35.4 Å². The maximum atomic E-state index is 3.71. The van der Waals surface area contributed by atoms with Gasteiger partial charge in [0.05, 0.1) is 0 Å². The van der Waals surface area contributed by atoms with E-state index >= 15 is 0 Å². The average molecular weight is 260 g/mol. The molecule has 19 heavy (non-hydrogen) atoms. The van der Waals surface area contributed by atoms with Crippen molar-refractivity contribution in [2.75, 3.05) is 19.6 Å². The summed E-state index contributed by atoms with van der Waals surface area (Å²) < 4.78 is 0. The van der Waals surface area contributed by atoms with Gasteiger partial charge in [-0.25, -0.2) is 0 Å². The third kappa shape index (κ3) is 4.96. The SMILES string of the molecule is CCCCN1CCC(NCc2ccc(C)cc2)CC1. The van der Waals surface area contributed by atoms with Gasteiger partial charge < -0.3 is 10.2 Å². The minimum absolute atomic E-state index is 0.708. The molecule has 2 rings (SSSR count). The van der Waals surface area contributed by atoms with Crippen molar-refractivity contribution in [2.24, 2.45) is 0 Å². The lowest BCUT2D eigenvalue weighted by molar-refractivity contribution is 0.195. The predicted molar refractivity (Wildman–Crippen MR) is 82.4 cm³/mol. The molecule has 1 aliphatic heterocycles. The number of unbranched alkanes of at least 4 members (excludes halogenated alkanes) is 1. The van der Waals surface area contributed by atoms with Crippen molar-refractivity contribution in [1.82, 2.24) is 10.2 Å². The van der Waals surface area contributed by atoms with Crippen LogP contribution >= 0.6 is 0 Å². The highest BCUT2D eigenvalue weighted by Gasteiger charge is 2.17. The van der Waals surface area contributed by atoms with Gasteiger partial charge in [0.2, 0.25) is 0 Å². The third-order valence-electron chi connectivity index (χ3n) is 4.13. The van der Waals surface area contributed by atoms with E-state index < -0.39 is 0 Å². The van der Waals surface area contributed by atoms with Crippen LogP contribution in [0.4, 0.5) is 0 Å². The Morgan fingerprint density at radius 1 is 1.16 bits per heavy atom. The first-order valence-corrected chi connectivity index (χ1v) is 7.79. The lowest BCUT2D eigenvalue weighted by atomic mass is 10.0. The molecule has 2 nitrogen and oxygen atoms in total. The van der Waals surface area contributed by atoms with Gasteiger partial charge in [-0.1, -0.05) is 43.2 Å². The highest BCUT2D eigenvalue weighted by Crippen LogP contribution is 2.12. The summed E-state index contributed by atoms with van der Waals surface area (Å²) in [6.45, 7) is 9.26. The molecule has 106 valence electrons. The van der Waals surface area contributed by atoms with E-state index in [2.05, 4.69) is 48.3 Å². The minimum Gasteiger partial charge on any atom is -0.310 e. The maximum absolute atomic E-state index is 3.71. The molecule has 1 saturated heterocycles. The molecular weight excluding hydrogens is 232 g/mol. The molecule has 0 bridgehead atoms. The second-order valence-corrected chi connectivity index (χ2v) is 5.84. The van der Waals surface area contributed by atoms with Crippen molar-refractivity contribution >= 4 is 0 Å².